The minimum absolute atomic E-state index is 0.0737. The molecule has 0 atom stereocenters. The van der Waals surface area contributed by atoms with E-state index in [1.807, 2.05) is 20.8 Å². The van der Waals surface area contributed by atoms with Gasteiger partial charge in [-0.05, 0) is 58.3 Å². The zero-order valence-corrected chi connectivity index (χ0v) is 17.1. The van der Waals surface area contributed by atoms with Crippen molar-refractivity contribution in [2.75, 3.05) is 13.1 Å². The molecule has 1 aromatic heterocycles. The van der Waals surface area contributed by atoms with Gasteiger partial charge >= 0.3 is 0 Å². The molecular formula is C22H27F2N3O2. The predicted octanol–water partition coefficient (Wildman–Crippen LogP) is 3.96. The van der Waals surface area contributed by atoms with Crippen molar-refractivity contribution in [3.63, 3.8) is 0 Å². The van der Waals surface area contributed by atoms with Crippen molar-refractivity contribution in [2.45, 2.75) is 52.2 Å². The number of carbonyl (C=O) groups excluding carboxylic acids is 1. The summed E-state index contributed by atoms with van der Waals surface area (Å²) in [4.78, 5) is 22.7. The van der Waals surface area contributed by atoms with Crippen LogP contribution < -0.4 is 4.74 Å². The number of halogens is 2. The lowest BCUT2D eigenvalue weighted by molar-refractivity contribution is -0.123. The summed E-state index contributed by atoms with van der Waals surface area (Å²) in [5.41, 5.74) is 0.520. The topological polar surface area (TPSA) is 55.3 Å². The predicted molar refractivity (Wildman–Crippen MR) is 105 cm³/mol. The van der Waals surface area contributed by atoms with Crippen LogP contribution in [0.25, 0.3) is 0 Å². The van der Waals surface area contributed by atoms with E-state index < -0.39 is 11.5 Å². The van der Waals surface area contributed by atoms with Crippen LogP contribution in [0.5, 0.6) is 5.88 Å². The van der Waals surface area contributed by atoms with Crippen LogP contribution in [0.3, 0.4) is 0 Å². The van der Waals surface area contributed by atoms with Crippen LogP contribution in [0, 0.1) is 17.7 Å². The molecule has 1 fully saturated rings. The Morgan fingerprint density at radius 3 is 2.55 bits per heavy atom. The Morgan fingerprint density at radius 2 is 1.90 bits per heavy atom. The number of hydrogen-bond donors (Lipinski definition) is 0. The molecule has 0 bridgehead atoms. The number of ether oxygens (including phenoxy) is 1. The monoisotopic (exact) mass is 403 g/mol. The second kappa shape index (κ2) is 8.95. The summed E-state index contributed by atoms with van der Waals surface area (Å²) in [6.45, 7) is 7.51. The van der Waals surface area contributed by atoms with Gasteiger partial charge in [0.25, 0.3) is 0 Å². The van der Waals surface area contributed by atoms with E-state index in [1.54, 1.807) is 18.2 Å². The van der Waals surface area contributed by atoms with Gasteiger partial charge in [0.2, 0.25) is 11.8 Å². The Hall–Kier alpha value is -2.41. The molecular weight excluding hydrogens is 376 g/mol. The average molecular weight is 403 g/mol. The third kappa shape index (κ3) is 6.03. The fraction of sp³-hybridized carbons (Fsp3) is 0.500. The first-order valence-corrected chi connectivity index (χ1v) is 9.90. The van der Waals surface area contributed by atoms with Crippen LogP contribution in [0.1, 0.15) is 44.9 Å². The molecule has 0 spiro atoms. The van der Waals surface area contributed by atoms with E-state index in [4.69, 9.17) is 4.74 Å². The minimum atomic E-state index is -0.676. The van der Waals surface area contributed by atoms with Gasteiger partial charge in [-0.15, -0.1) is 0 Å². The Labute approximate surface area is 170 Å². The smallest absolute Gasteiger partial charge is 0.240 e. The summed E-state index contributed by atoms with van der Waals surface area (Å²) in [5, 5.41) is 0. The summed E-state index contributed by atoms with van der Waals surface area (Å²) < 4.78 is 33.1. The number of Topliss-reactive ketones (excluding diaryl/α,β-unsaturated/α-hetero) is 1. The molecule has 1 aromatic carbocycles. The third-order valence-electron chi connectivity index (χ3n) is 4.92. The van der Waals surface area contributed by atoms with Gasteiger partial charge in [0.1, 0.15) is 22.9 Å². The molecule has 7 heteroatoms. The van der Waals surface area contributed by atoms with Crippen LogP contribution in [-0.4, -0.2) is 39.3 Å². The minimum Gasteiger partial charge on any atom is -0.471 e. The molecule has 1 aliphatic heterocycles. The lowest BCUT2D eigenvalue weighted by Gasteiger charge is -2.31. The summed E-state index contributed by atoms with van der Waals surface area (Å²) in [5.74, 6) is -0.802. The number of nitrogens with zero attached hydrogens (tertiary/aromatic N) is 3. The van der Waals surface area contributed by atoms with Crippen molar-refractivity contribution >= 4 is 5.78 Å². The molecule has 29 heavy (non-hydrogen) atoms. The van der Waals surface area contributed by atoms with E-state index in [0.717, 1.165) is 6.20 Å². The van der Waals surface area contributed by atoms with E-state index in [2.05, 4.69) is 14.9 Å². The first kappa shape index (κ1) is 21.3. The van der Waals surface area contributed by atoms with Crippen molar-refractivity contribution in [1.29, 1.82) is 0 Å². The van der Waals surface area contributed by atoms with Gasteiger partial charge in [-0.2, -0.15) is 9.37 Å². The number of piperidine rings is 1. The van der Waals surface area contributed by atoms with Crippen LogP contribution >= 0.6 is 0 Å². The van der Waals surface area contributed by atoms with Gasteiger partial charge in [-0.25, -0.2) is 9.37 Å². The standard InChI is InChI=1S/C22H27F2N3O2/c1-22(2,3)29-21-18(25-13-20(24)26-21)14-27-10-8-15(9-11-27)19(28)12-16-6-4-5-7-17(16)23/h4-7,13,15H,8-12,14H2,1-3H3. The maximum atomic E-state index is 13.8. The van der Waals surface area contributed by atoms with Gasteiger partial charge in [0, 0.05) is 18.9 Å². The lowest BCUT2D eigenvalue weighted by atomic mass is 9.89. The highest BCUT2D eigenvalue weighted by atomic mass is 19.1. The van der Waals surface area contributed by atoms with Crippen molar-refractivity contribution in [3.8, 4) is 5.88 Å². The quantitative estimate of drug-likeness (QED) is 0.731. The molecule has 2 heterocycles. The van der Waals surface area contributed by atoms with E-state index in [9.17, 15) is 13.6 Å². The van der Waals surface area contributed by atoms with Gasteiger partial charge in [0.15, 0.2) is 0 Å². The van der Waals surface area contributed by atoms with Crippen molar-refractivity contribution < 1.29 is 18.3 Å². The molecule has 156 valence electrons. The first-order chi connectivity index (χ1) is 13.7. The highest BCUT2D eigenvalue weighted by Crippen LogP contribution is 2.25. The largest absolute Gasteiger partial charge is 0.471 e. The van der Waals surface area contributed by atoms with E-state index in [1.165, 1.54) is 6.07 Å². The van der Waals surface area contributed by atoms with Gasteiger partial charge in [-0.3, -0.25) is 9.69 Å². The Balaban J connectivity index is 1.58. The molecule has 0 radical (unpaired) electrons. The summed E-state index contributed by atoms with van der Waals surface area (Å²) in [6.07, 6.45) is 2.63. The van der Waals surface area contributed by atoms with E-state index in [0.29, 0.717) is 43.7 Å². The van der Waals surface area contributed by atoms with Crippen molar-refractivity contribution in [2.24, 2.45) is 5.92 Å². The number of ketones is 1. The Kier molecular flexibility index (Phi) is 6.57. The maximum Gasteiger partial charge on any atom is 0.240 e. The second-order valence-electron chi connectivity index (χ2n) is 8.44. The van der Waals surface area contributed by atoms with Gasteiger partial charge in [-0.1, -0.05) is 18.2 Å². The second-order valence-corrected chi connectivity index (χ2v) is 8.44. The van der Waals surface area contributed by atoms with Crippen LogP contribution in [0.4, 0.5) is 8.78 Å². The van der Waals surface area contributed by atoms with E-state index >= 15 is 0 Å². The maximum absolute atomic E-state index is 13.8. The normalized spacial score (nSPS) is 16.0. The zero-order valence-electron chi connectivity index (χ0n) is 17.1. The number of carbonyl (C=O) groups is 1. The molecule has 0 saturated carbocycles. The van der Waals surface area contributed by atoms with Crippen LogP contribution in [0.15, 0.2) is 30.5 Å². The third-order valence-corrected chi connectivity index (χ3v) is 4.92. The number of aromatic nitrogens is 2. The molecule has 2 aromatic rings. The average Bonchev–Trinajstić information content (AvgIpc) is 2.65. The van der Waals surface area contributed by atoms with Crippen molar-refractivity contribution in [3.05, 3.63) is 53.5 Å². The highest BCUT2D eigenvalue weighted by molar-refractivity contribution is 5.83. The van der Waals surface area contributed by atoms with Crippen molar-refractivity contribution in [1.82, 2.24) is 14.9 Å². The van der Waals surface area contributed by atoms with Crippen LogP contribution in [0.2, 0.25) is 0 Å². The molecule has 0 aliphatic carbocycles. The molecule has 0 N–H and O–H groups in total. The van der Waals surface area contributed by atoms with Crippen LogP contribution in [-0.2, 0) is 17.8 Å². The SMILES string of the molecule is CC(C)(C)Oc1nc(F)cnc1CN1CCC(C(=O)Cc2ccccc2F)CC1. The molecule has 0 unspecified atom stereocenters. The van der Waals surface area contributed by atoms with E-state index in [-0.39, 0.29) is 29.8 Å². The zero-order chi connectivity index (χ0) is 21.0. The molecule has 5 nitrogen and oxygen atoms in total. The van der Waals surface area contributed by atoms with Gasteiger partial charge in [0.05, 0.1) is 6.20 Å². The number of rotatable bonds is 6. The fourth-order valence-electron chi connectivity index (χ4n) is 3.46. The Morgan fingerprint density at radius 1 is 1.21 bits per heavy atom. The molecule has 1 saturated heterocycles. The number of benzene rings is 1. The Bertz CT molecular complexity index is 859. The molecule has 1 aliphatic rings. The lowest BCUT2D eigenvalue weighted by Crippen LogP contribution is -2.37. The summed E-state index contributed by atoms with van der Waals surface area (Å²) in [6, 6.07) is 6.41. The fourth-order valence-corrected chi connectivity index (χ4v) is 3.46. The highest BCUT2D eigenvalue weighted by Gasteiger charge is 2.27. The molecule has 0 amide bonds. The first-order valence-electron chi connectivity index (χ1n) is 9.90. The van der Waals surface area contributed by atoms with Gasteiger partial charge < -0.3 is 4.74 Å². The number of likely N-dealkylation sites (tertiary alicyclic amines) is 1. The number of hydrogen-bond acceptors (Lipinski definition) is 5. The molecule has 3 rings (SSSR count). The summed E-state index contributed by atoms with van der Waals surface area (Å²) >= 11 is 0. The summed E-state index contributed by atoms with van der Waals surface area (Å²) in [7, 11) is 0.